The molecule has 1 aromatic carbocycles. The van der Waals surface area contributed by atoms with Crippen molar-refractivity contribution in [2.24, 2.45) is 5.16 Å². The molecule has 1 heterocycles. The van der Waals surface area contributed by atoms with Crippen molar-refractivity contribution >= 4 is 29.4 Å². The molecule has 2 rings (SSSR count). The number of nitrogens with zero attached hydrogens (tertiary/aromatic N) is 1. The van der Waals surface area contributed by atoms with Crippen LogP contribution in [0, 0.1) is 0 Å². The molecule has 5 heteroatoms. The highest BCUT2D eigenvalue weighted by Crippen LogP contribution is 2.25. The lowest BCUT2D eigenvalue weighted by Crippen LogP contribution is -2.01. The van der Waals surface area contributed by atoms with Crippen LogP contribution in [0.5, 0.6) is 5.75 Å². The fourth-order valence-electron chi connectivity index (χ4n) is 1.30. The molecule has 0 fully saturated rings. The molecule has 0 bridgehead atoms. The number of aromatic hydroxyl groups is 1. The molecule has 0 saturated heterocycles. The van der Waals surface area contributed by atoms with Crippen LogP contribution in [-0.4, -0.2) is 16.8 Å². The van der Waals surface area contributed by atoms with E-state index in [1.807, 2.05) is 0 Å². The molecule has 0 amide bonds. The first-order valence-corrected chi connectivity index (χ1v) is 4.92. The van der Waals surface area contributed by atoms with Crippen molar-refractivity contribution in [2.75, 3.05) is 0 Å². The van der Waals surface area contributed by atoms with Crippen molar-refractivity contribution in [1.82, 2.24) is 0 Å². The molecule has 0 saturated carbocycles. The maximum Gasteiger partial charge on any atom is 0.367 e. The highest BCUT2D eigenvalue weighted by molar-refractivity contribution is 6.32. The lowest BCUT2D eigenvalue weighted by Gasteiger charge is -1.99. The lowest BCUT2D eigenvalue weighted by atomic mass is 10.1. The third kappa shape index (κ3) is 1.92. The number of oxime groups is 1. The number of hydrogen-bond donors (Lipinski definition) is 1. The number of carbonyl (C=O) groups excluding carboxylic acids is 1. The zero-order chi connectivity index (χ0) is 11.7. The van der Waals surface area contributed by atoms with Crippen molar-refractivity contribution in [3.8, 4) is 5.75 Å². The summed E-state index contributed by atoms with van der Waals surface area (Å²) in [4.78, 5) is 15.8. The van der Waals surface area contributed by atoms with Crippen LogP contribution in [0.1, 0.15) is 12.5 Å². The van der Waals surface area contributed by atoms with Crippen LogP contribution < -0.4 is 0 Å². The smallest absolute Gasteiger partial charge is 0.367 e. The minimum absolute atomic E-state index is 0.00297. The van der Waals surface area contributed by atoms with Crippen molar-refractivity contribution in [3.05, 3.63) is 34.4 Å². The van der Waals surface area contributed by atoms with Gasteiger partial charge in [0.05, 0.1) is 16.3 Å². The summed E-state index contributed by atoms with van der Waals surface area (Å²) >= 11 is 5.75. The molecule has 4 nitrogen and oxygen atoms in total. The number of benzene rings is 1. The number of rotatable bonds is 1. The average Bonchev–Trinajstić information content (AvgIpc) is 2.55. The van der Waals surface area contributed by atoms with E-state index in [4.69, 9.17) is 11.6 Å². The van der Waals surface area contributed by atoms with Crippen molar-refractivity contribution in [2.45, 2.75) is 6.92 Å². The highest BCUT2D eigenvalue weighted by atomic mass is 35.5. The van der Waals surface area contributed by atoms with Crippen molar-refractivity contribution < 1.29 is 14.7 Å². The molecule has 1 N–H and O–H groups in total. The van der Waals surface area contributed by atoms with Gasteiger partial charge in [-0.1, -0.05) is 22.8 Å². The predicted molar refractivity (Wildman–Crippen MR) is 60.3 cm³/mol. The molecule has 0 aliphatic carbocycles. The summed E-state index contributed by atoms with van der Waals surface area (Å²) in [5.41, 5.74) is 1.61. The van der Waals surface area contributed by atoms with E-state index in [1.54, 1.807) is 25.1 Å². The van der Waals surface area contributed by atoms with Crippen molar-refractivity contribution in [1.29, 1.82) is 0 Å². The summed E-state index contributed by atoms with van der Waals surface area (Å²) in [7, 11) is 0. The number of phenols is 1. The third-order valence-electron chi connectivity index (χ3n) is 2.16. The van der Waals surface area contributed by atoms with Crippen molar-refractivity contribution in [3.63, 3.8) is 0 Å². The number of halogens is 1. The largest absolute Gasteiger partial charge is 0.506 e. The molecule has 0 spiro atoms. The number of phenolic OH excluding ortho intramolecular Hbond substituents is 1. The Kier molecular flexibility index (Phi) is 2.66. The van der Waals surface area contributed by atoms with E-state index in [-0.39, 0.29) is 10.8 Å². The van der Waals surface area contributed by atoms with Gasteiger partial charge < -0.3 is 9.94 Å². The van der Waals surface area contributed by atoms with E-state index in [2.05, 4.69) is 9.99 Å². The molecule has 0 atom stereocenters. The van der Waals surface area contributed by atoms with Gasteiger partial charge in [0, 0.05) is 0 Å². The van der Waals surface area contributed by atoms with E-state index in [9.17, 15) is 9.90 Å². The normalized spacial score (nSPS) is 17.5. The molecule has 0 unspecified atom stereocenters. The quantitative estimate of drug-likeness (QED) is 0.603. The summed E-state index contributed by atoms with van der Waals surface area (Å²) < 4.78 is 0. The van der Waals surface area contributed by atoms with Crippen LogP contribution in [0.3, 0.4) is 0 Å². The second kappa shape index (κ2) is 3.98. The molecule has 0 aromatic heterocycles. The van der Waals surface area contributed by atoms with Gasteiger partial charge in [-0.25, -0.2) is 4.79 Å². The minimum atomic E-state index is -0.485. The number of hydrogen-bond acceptors (Lipinski definition) is 4. The Labute approximate surface area is 96.8 Å². The minimum Gasteiger partial charge on any atom is -0.506 e. The SMILES string of the molecule is CC1=NOC(=O)/C1=C\c1ccc(O)c(Cl)c1. The van der Waals surface area contributed by atoms with Crippen LogP contribution in [-0.2, 0) is 9.63 Å². The third-order valence-corrected chi connectivity index (χ3v) is 2.46. The molecule has 0 radical (unpaired) electrons. The fraction of sp³-hybridized carbons (Fsp3) is 0.0909. The zero-order valence-electron chi connectivity index (χ0n) is 8.40. The summed E-state index contributed by atoms with van der Waals surface area (Å²) in [6.45, 7) is 1.68. The van der Waals surface area contributed by atoms with Gasteiger partial charge in [-0.05, 0) is 30.7 Å². The Morgan fingerprint density at radius 1 is 1.50 bits per heavy atom. The Balaban J connectivity index is 2.39. The topological polar surface area (TPSA) is 58.9 Å². The summed E-state index contributed by atoms with van der Waals surface area (Å²) in [5.74, 6) is -0.482. The lowest BCUT2D eigenvalue weighted by molar-refractivity contribution is -0.136. The summed E-state index contributed by atoms with van der Waals surface area (Å²) in [6, 6.07) is 4.66. The van der Waals surface area contributed by atoms with Gasteiger partial charge in [-0.3, -0.25) is 0 Å². The van der Waals surface area contributed by atoms with E-state index >= 15 is 0 Å². The molecular weight excluding hydrogens is 230 g/mol. The van der Waals surface area contributed by atoms with Gasteiger partial charge in [0.25, 0.3) is 0 Å². The Morgan fingerprint density at radius 2 is 2.25 bits per heavy atom. The summed E-state index contributed by atoms with van der Waals surface area (Å²) in [5, 5.41) is 13.0. The van der Waals surface area contributed by atoms with Gasteiger partial charge in [-0.2, -0.15) is 0 Å². The maximum absolute atomic E-state index is 11.3. The van der Waals surface area contributed by atoms with Gasteiger partial charge >= 0.3 is 5.97 Å². The number of carbonyl (C=O) groups is 1. The molecule has 1 aromatic rings. The van der Waals surface area contributed by atoms with E-state index in [0.717, 1.165) is 0 Å². The summed E-state index contributed by atoms with van der Waals surface area (Å²) in [6.07, 6.45) is 1.61. The first-order valence-electron chi connectivity index (χ1n) is 4.54. The zero-order valence-corrected chi connectivity index (χ0v) is 9.15. The van der Waals surface area contributed by atoms with Gasteiger partial charge in [0.2, 0.25) is 0 Å². The fourth-order valence-corrected chi connectivity index (χ4v) is 1.49. The van der Waals surface area contributed by atoms with Gasteiger partial charge in [-0.15, -0.1) is 0 Å². The van der Waals surface area contributed by atoms with Crippen LogP contribution in [0.2, 0.25) is 5.02 Å². The van der Waals surface area contributed by atoms with Gasteiger partial charge in [0.1, 0.15) is 5.75 Å². The first kappa shape index (κ1) is 10.7. The standard InChI is InChI=1S/C11H8ClNO3/c1-6-8(11(15)16-13-6)4-7-2-3-10(14)9(12)5-7/h2-5,14H,1H3/b8-4-. The maximum atomic E-state index is 11.3. The van der Waals surface area contributed by atoms with Crippen LogP contribution >= 0.6 is 11.6 Å². The van der Waals surface area contributed by atoms with Crippen LogP contribution in [0.4, 0.5) is 0 Å². The average molecular weight is 238 g/mol. The molecular formula is C11H8ClNO3. The molecule has 1 aliphatic rings. The second-order valence-corrected chi connectivity index (χ2v) is 3.73. The Bertz CT molecular complexity index is 520. The predicted octanol–water partition coefficient (Wildman–Crippen LogP) is 2.36. The van der Waals surface area contributed by atoms with E-state index < -0.39 is 5.97 Å². The Morgan fingerprint density at radius 3 is 2.81 bits per heavy atom. The van der Waals surface area contributed by atoms with Crippen LogP contribution in [0.25, 0.3) is 6.08 Å². The van der Waals surface area contributed by atoms with E-state index in [0.29, 0.717) is 16.8 Å². The Hall–Kier alpha value is -1.81. The first-order chi connectivity index (χ1) is 7.58. The monoisotopic (exact) mass is 237 g/mol. The molecule has 1 aliphatic heterocycles. The molecule has 82 valence electrons. The van der Waals surface area contributed by atoms with Crippen LogP contribution in [0.15, 0.2) is 28.9 Å². The molecule has 16 heavy (non-hydrogen) atoms. The highest BCUT2D eigenvalue weighted by Gasteiger charge is 2.21. The second-order valence-electron chi connectivity index (χ2n) is 3.32. The van der Waals surface area contributed by atoms with Gasteiger partial charge in [0.15, 0.2) is 0 Å². The van der Waals surface area contributed by atoms with E-state index in [1.165, 1.54) is 6.07 Å².